The number of fused-ring (bicyclic) bond motifs is 2. The van der Waals surface area contributed by atoms with Crippen LogP contribution in [0.25, 0.3) is 38.9 Å². The van der Waals surface area contributed by atoms with Gasteiger partial charge in [-0.05, 0) is 34.5 Å². The Balaban J connectivity index is 1.44. The Labute approximate surface area is 202 Å². The molecule has 4 nitrogen and oxygen atoms in total. The molecule has 2 aromatic heterocycles. The minimum absolute atomic E-state index is 0.410. The first-order valence-corrected chi connectivity index (χ1v) is 11.4. The summed E-state index contributed by atoms with van der Waals surface area (Å²) in [6.45, 7) is 0.499. The molecule has 0 N–H and O–H groups in total. The number of benzene rings is 4. The molecular formula is C29H20ClN3O. The molecule has 0 aliphatic heterocycles. The van der Waals surface area contributed by atoms with Crippen molar-refractivity contribution in [3.05, 3.63) is 120 Å². The van der Waals surface area contributed by atoms with E-state index in [-0.39, 0.29) is 0 Å². The molecule has 0 aliphatic rings. The lowest BCUT2D eigenvalue weighted by atomic mass is 10.1. The molecule has 0 amide bonds. The van der Waals surface area contributed by atoms with E-state index in [0.717, 1.165) is 44.9 Å². The van der Waals surface area contributed by atoms with Crippen LogP contribution in [-0.2, 0) is 6.61 Å². The number of halogens is 1. The maximum absolute atomic E-state index is 6.59. The van der Waals surface area contributed by atoms with Gasteiger partial charge < -0.3 is 4.74 Å². The molecule has 6 aromatic rings. The highest BCUT2D eigenvalue weighted by atomic mass is 35.5. The molecule has 4 aromatic carbocycles. The van der Waals surface area contributed by atoms with Gasteiger partial charge in [0.1, 0.15) is 29.4 Å². The van der Waals surface area contributed by atoms with Gasteiger partial charge in [-0.15, -0.1) is 0 Å². The second-order valence-electron chi connectivity index (χ2n) is 8.08. The minimum Gasteiger partial charge on any atom is -0.489 e. The summed E-state index contributed by atoms with van der Waals surface area (Å²) in [5.74, 6) is 1.59. The van der Waals surface area contributed by atoms with Crippen LogP contribution < -0.4 is 4.74 Å². The molecular weight excluding hydrogens is 442 g/mol. The number of rotatable bonds is 5. The Kier molecular flexibility index (Phi) is 5.21. The zero-order valence-electron chi connectivity index (χ0n) is 18.2. The standard InChI is InChI=1S/C29H20ClN3O/c30-28-27-26(23-11-6-12-25(18-23)34-19-20-7-2-1-3-8-20)32-29(33(27)16-15-31-28)24-14-13-21-9-4-5-10-22(21)17-24/h1-18H,19H2. The monoisotopic (exact) mass is 461 g/mol. The molecule has 2 heterocycles. The zero-order chi connectivity index (χ0) is 22.9. The quantitative estimate of drug-likeness (QED) is 0.267. The average Bonchev–Trinajstić information content (AvgIpc) is 3.29. The predicted octanol–water partition coefficient (Wildman–Crippen LogP) is 7.45. The normalized spacial score (nSPS) is 11.2. The highest BCUT2D eigenvalue weighted by Gasteiger charge is 2.18. The Hall–Kier alpha value is -4.15. The lowest BCUT2D eigenvalue weighted by Crippen LogP contribution is -1.95. The Morgan fingerprint density at radius 3 is 2.47 bits per heavy atom. The summed E-state index contributed by atoms with van der Waals surface area (Å²) in [5.41, 5.74) is 4.59. The molecule has 0 bridgehead atoms. The molecule has 0 unspecified atom stereocenters. The highest BCUT2D eigenvalue weighted by molar-refractivity contribution is 6.33. The van der Waals surface area contributed by atoms with E-state index in [4.69, 9.17) is 21.3 Å². The van der Waals surface area contributed by atoms with Crippen LogP contribution in [0.4, 0.5) is 0 Å². The molecule has 0 radical (unpaired) electrons. The molecule has 164 valence electrons. The summed E-state index contributed by atoms with van der Waals surface area (Å²) in [7, 11) is 0. The van der Waals surface area contributed by atoms with Gasteiger partial charge >= 0.3 is 0 Å². The number of ether oxygens (including phenoxy) is 1. The SMILES string of the molecule is Clc1nccn2c(-c3ccc4ccccc4c3)nc(-c3cccc(OCc4ccccc4)c3)c12. The van der Waals surface area contributed by atoms with E-state index in [1.807, 2.05) is 77.3 Å². The van der Waals surface area contributed by atoms with Crippen molar-refractivity contribution in [3.8, 4) is 28.4 Å². The van der Waals surface area contributed by atoms with Crippen molar-refractivity contribution in [1.82, 2.24) is 14.4 Å². The molecule has 6 rings (SSSR count). The summed E-state index contributed by atoms with van der Waals surface area (Å²) in [4.78, 5) is 9.36. The largest absolute Gasteiger partial charge is 0.489 e. The number of nitrogens with zero attached hydrogens (tertiary/aromatic N) is 3. The van der Waals surface area contributed by atoms with E-state index < -0.39 is 0 Å². The van der Waals surface area contributed by atoms with Crippen LogP contribution in [0, 0.1) is 0 Å². The fourth-order valence-electron chi connectivity index (χ4n) is 4.21. The van der Waals surface area contributed by atoms with Gasteiger partial charge in [0.25, 0.3) is 0 Å². The zero-order valence-corrected chi connectivity index (χ0v) is 19.0. The van der Waals surface area contributed by atoms with Gasteiger partial charge in [-0.1, -0.05) is 90.5 Å². The minimum atomic E-state index is 0.410. The molecule has 0 aliphatic carbocycles. The molecule has 0 fully saturated rings. The van der Waals surface area contributed by atoms with Crippen molar-refractivity contribution in [3.63, 3.8) is 0 Å². The maximum Gasteiger partial charge on any atom is 0.155 e. The maximum atomic E-state index is 6.59. The third-order valence-corrected chi connectivity index (χ3v) is 6.15. The second kappa shape index (κ2) is 8.65. The average molecular weight is 462 g/mol. The van der Waals surface area contributed by atoms with Crippen LogP contribution >= 0.6 is 11.6 Å². The van der Waals surface area contributed by atoms with Crippen molar-refractivity contribution in [2.45, 2.75) is 6.61 Å². The van der Waals surface area contributed by atoms with Crippen LogP contribution in [0.1, 0.15) is 5.56 Å². The fraction of sp³-hybridized carbons (Fsp3) is 0.0345. The first-order chi connectivity index (χ1) is 16.8. The van der Waals surface area contributed by atoms with Gasteiger partial charge in [0.15, 0.2) is 5.15 Å². The summed E-state index contributed by atoms with van der Waals surface area (Å²) < 4.78 is 8.06. The summed E-state index contributed by atoms with van der Waals surface area (Å²) in [6.07, 6.45) is 3.60. The van der Waals surface area contributed by atoms with Crippen molar-refractivity contribution in [2.75, 3.05) is 0 Å². The van der Waals surface area contributed by atoms with Gasteiger partial charge in [-0.25, -0.2) is 9.97 Å². The molecule has 34 heavy (non-hydrogen) atoms. The molecule has 0 spiro atoms. The van der Waals surface area contributed by atoms with Crippen LogP contribution in [-0.4, -0.2) is 14.4 Å². The van der Waals surface area contributed by atoms with Crippen LogP contribution in [0.5, 0.6) is 5.75 Å². The third-order valence-electron chi connectivity index (χ3n) is 5.87. The number of hydrogen-bond acceptors (Lipinski definition) is 3. The lowest BCUT2D eigenvalue weighted by Gasteiger charge is -2.08. The topological polar surface area (TPSA) is 39.4 Å². The first-order valence-electron chi connectivity index (χ1n) is 11.1. The van der Waals surface area contributed by atoms with Gasteiger partial charge in [0, 0.05) is 23.5 Å². The number of imidazole rings is 1. The Morgan fingerprint density at radius 1 is 0.765 bits per heavy atom. The Bertz CT molecular complexity index is 1630. The van der Waals surface area contributed by atoms with Gasteiger partial charge in [-0.2, -0.15) is 0 Å². The van der Waals surface area contributed by atoms with E-state index in [1.165, 1.54) is 5.39 Å². The van der Waals surface area contributed by atoms with Gasteiger partial charge in [-0.3, -0.25) is 4.40 Å². The fourth-order valence-corrected chi connectivity index (χ4v) is 4.45. The summed E-state index contributed by atoms with van der Waals surface area (Å²) in [6, 6.07) is 32.7. The smallest absolute Gasteiger partial charge is 0.155 e. The highest BCUT2D eigenvalue weighted by Crippen LogP contribution is 2.35. The van der Waals surface area contributed by atoms with Crippen molar-refractivity contribution in [1.29, 1.82) is 0 Å². The summed E-state index contributed by atoms with van der Waals surface area (Å²) >= 11 is 6.59. The second-order valence-corrected chi connectivity index (χ2v) is 8.44. The van der Waals surface area contributed by atoms with E-state index >= 15 is 0 Å². The van der Waals surface area contributed by atoms with Gasteiger partial charge in [0.2, 0.25) is 0 Å². The third kappa shape index (κ3) is 3.78. The lowest BCUT2D eigenvalue weighted by molar-refractivity contribution is 0.306. The van der Waals surface area contributed by atoms with E-state index in [2.05, 4.69) is 35.3 Å². The molecule has 5 heteroatoms. The van der Waals surface area contributed by atoms with Crippen LogP contribution in [0.15, 0.2) is 109 Å². The van der Waals surface area contributed by atoms with Crippen molar-refractivity contribution < 1.29 is 4.74 Å². The first kappa shape index (κ1) is 20.5. The van der Waals surface area contributed by atoms with E-state index in [0.29, 0.717) is 11.8 Å². The van der Waals surface area contributed by atoms with Crippen molar-refractivity contribution >= 4 is 27.9 Å². The molecule has 0 saturated heterocycles. The van der Waals surface area contributed by atoms with Crippen LogP contribution in [0.2, 0.25) is 5.15 Å². The predicted molar refractivity (Wildman–Crippen MR) is 137 cm³/mol. The van der Waals surface area contributed by atoms with E-state index in [9.17, 15) is 0 Å². The van der Waals surface area contributed by atoms with Gasteiger partial charge in [0.05, 0.1) is 0 Å². The Morgan fingerprint density at radius 2 is 1.59 bits per heavy atom. The number of hydrogen-bond donors (Lipinski definition) is 0. The molecule has 0 saturated carbocycles. The molecule has 0 atom stereocenters. The summed E-state index contributed by atoms with van der Waals surface area (Å²) in [5, 5.41) is 2.76. The van der Waals surface area contributed by atoms with E-state index in [1.54, 1.807) is 6.20 Å². The number of aromatic nitrogens is 3. The van der Waals surface area contributed by atoms with Crippen LogP contribution in [0.3, 0.4) is 0 Å². The van der Waals surface area contributed by atoms with Crippen molar-refractivity contribution in [2.24, 2.45) is 0 Å².